The van der Waals surface area contributed by atoms with E-state index in [1.807, 2.05) is 29.2 Å². The van der Waals surface area contributed by atoms with Gasteiger partial charge in [-0.3, -0.25) is 24.6 Å². The number of piperazine rings is 1. The molecule has 3 aromatic carbocycles. The minimum Gasteiger partial charge on any atom is -0.494 e. The second kappa shape index (κ2) is 15.6. The number of piperidine rings is 2. The van der Waals surface area contributed by atoms with E-state index in [-0.39, 0.29) is 35.1 Å². The molecule has 3 saturated heterocycles. The van der Waals surface area contributed by atoms with E-state index in [0.29, 0.717) is 43.9 Å². The zero-order chi connectivity index (χ0) is 38.9. The first-order valence-electron chi connectivity index (χ1n) is 19.1. The molecule has 1 N–H and O–H groups in total. The zero-order valence-corrected chi connectivity index (χ0v) is 31.3. The smallest absolute Gasteiger partial charge is 0.417 e. The number of fused-ring (bicyclic) bond motifs is 1. The monoisotopic (exact) mass is 756 g/mol. The number of rotatable bonds is 10. The van der Waals surface area contributed by atoms with Crippen molar-refractivity contribution < 1.29 is 32.3 Å². The Morgan fingerprint density at radius 1 is 0.891 bits per heavy atom. The molecule has 0 bridgehead atoms. The third kappa shape index (κ3) is 8.29. The van der Waals surface area contributed by atoms with Gasteiger partial charge in [-0.25, -0.2) is 0 Å². The number of unbranched alkanes of at least 4 members (excludes halogenated alkanes) is 1. The normalized spacial score (nSPS) is 21.7. The molecule has 1 unspecified atom stereocenters. The Bertz CT molecular complexity index is 1970. The topological polar surface area (TPSA) is 109 Å². The standard InChI is InChI=1S/C42H47F3N6O4/c1-41(2)27-50(32-8-5-29(25-46)36(24-32)42(43,44)45)17-15-35(41)28-6-10-33(11-7-28)55-22-4-3-16-48-18-20-49(21-19-48)31-9-12-34-30(23-31)26-51(40(34)54)37-13-14-38(52)47-39(37)53/h5-12,23-24,35,37H,3-4,13-22,26-27H2,1-2H3,(H,47,52,53)/t35-,37?/m1/s1. The maximum Gasteiger partial charge on any atom is 0.417 e. The van der Waals surface area contributed by atoms with Gasteiger partial charge in [0.1, 0.15) is 11.8 Å². The van der Waals surface area contributed by atoms with Crippen molar-refractivity contribution in [1.29, 1.82) is 5.26 Å². The van der Waals surface area contributed by atoms with Crippen LogP contribution in [0.5, 0.6) is 5.75 Å². The fourth-order valence-corrected chi connectivity index (χ4v) is 8.67. The molecule has 55 heavy (non-hydrogen) atoms. The van der Waals surface area contributed by atoms with Gasteiger partial charge in [-0.1, -0.05) is 26.0 Å². The van der Waals surface area contributed by atoms with Crippen LogP contribution < -0.4 is 19.9 Å². The highest BCUT2D eigenvalue weighted by atomic mass is 19.4. The Labute approximate surface area is 319 Å². The lowest BCUT2D eigenvalue weighted by atomic mass is 9.70. The van der Waals surface area contributed by atoms with Crippen molar-refractivity contribution in [2.75, 3.05) is 62.2 Å². The van der Waals surface area contributed by atoms with Gasteiger partial charge in [0.05, 0.1) is 23.8 Å². The SMILES string of the molecule is CC1(C)CN(c2ccc(C#N)c(C(F)(F)F)c2)CC[C@@H]1c1ccc(OCCCCN2CCN(c3ccc4c(c3)CN(C3CCC(=O)NC3=O)C4=O)CC2)cc1. The van der Waals surface area contributed by atoms with Gasteiger partial charge in [0.25, 0.3) is 5.91 Å². The lowest BCUT2D eigenvalue weighted by Gasteiger charge is -2.45. The van der Waals surface area contributed by atoms with Crippen LogP contribution in [0, 0.1) is 16.7 Å². The van der Waals surface area contributed by atoms with Crippen molar-refractivity contribution >= 4 is 29.1 Å². The molecule has 3 aromatic rings. The molecule has 13 heteroatoms. The second-order valence-corrected chi connectivity index (χ2v) is 15.8. The Hall–Kier alpha value is -5.09. The Balaban J connectivity index is 0.826. The molecule has 0 aromatic heterocycles. The maximum absolute atomic E-state index is 13.6. The van der Waals surface area contributed by atoms with Gasteiger partial charge in [0.15, 0.2) is 0 Å². The van der Waals surface area contributed by atoms with Crippen LogP contribution in [0.3, 0.4) is 0 Å². The summed E-state index contributed by atoms with van der Waals surface area (Å²) in [5.74, 6) is 0.214. The summed E-state index contributed by atoms with van der Waals surface area (Å²) in [6.07, 6.45) is -1.24. The number of carbonyl (C=O) groups is 3. The number of nitrogens with zero attached hydrogens (tertiary/aromatic N) is 5. The van der Waals surface area contributed by atoms with Crippen LogP contribution in [-0.4, -0.2) is 86.0 Å². The third-order valence-corrected chi connectivity index (χ3v) is 11.7. The van der Waals surface area contributed by atoms with Crippen LogP contribution >= 0.6 is 0 Å². The summed E-state index contributed by atoms with van der Waals surface area (Å²) in [7, 11) is 0. The number of imide groups is 1. The number of alkyl halides is 3. The molecule has 0 radical (unpaired) electrons. The first kappa shape index (κ1) is 38.2. The molecular formula is C42H47F3N6O4. The van der Waals surface area contributed by atoms with Crippen molar-refractivity contribution in [1.82, 2.24) is 15.1 Å². The summed E-state index contributed by atoms with van der Waals surface area (Å²) in [5, 5.41) is 11.5. The van der Waals surface area contributed by atoms with Gasteiger partial charge in [0.2, 0.25) is 11.8 Å². The fraction of sp³-hybridized carbons (Fsp3) is 0.476. The van der Waals surface area contributed by atoms with Crippen molar-refractivity contribution in [2.24, 2.45) is 5.41 Å². The summed E-state index contributed by atoms with van der Waals surface area (Å²) >= 11 is 0. The van der Waals surface area contributed by atoms with Gasteiger partial charge >= 0.3 is 6.18 Å². The number of ether oxygens (including phenoxy) is 1. The average Bonchev–Trinajstić information content (AvgIpc) is 3.49. The molecule has 4 aliphatic heterocycles. The van der Waals surface area contributed by atoms with Gasteiger partial charge in [0, 0.05) is 69.2 Å². The van der Waals surface area contributed by atoms with Crippen molar-refractivity contribution in [3.8, 4) is 11.8 Å². The van der Waals surface area contributed by atoms with Gasteiger partial charge in [-0.05, 0) is 103 Å². The molecule has 0 saturated carbocycles. The lowest BCUT2D eigenvalue weighted by molar-refractivity contribution is -0.138. The highest BCUT2D eigenvalue weighted by molar-refractivity contribution is 6.05. The number of halogens is 3. The van der Waals surface area contributed by atoms with E-state index in [1.165, 1.54) is 11.6 Å². The fourth-order valence-electron chi connectivity index (χ4n) is 8.67. The second-order valence-electron chi connectivity index (χ2n) is 15.8. The number of amides is 3. The van der Waals surface area contributed by atoms with Crippen LogP contribution in [0.4, 0.5) is 24.5 Å². The Morgan fingerprint density at radius 3 is 2.31 bits per heavy atom. The number of carbonyl (C=O) groups excluding carboxylic acids is 3. The molecule has 4 aliphatic rings. The number of nitrogens with one attached hydrogen (secondary N) is 1. The first-order chi connectivity index (χ1) is 26.3. The van der Waals surface area contributed by atoms with E-state index < -0.39 is 23.7 Å². The van der Waals surface area contributed by atoms with E-state index in [9.17, 15) is 32.8 Å². The molecule has 10 nitrogen and oxygen atoms in total. The van der Waals surface area contributed by atoms with Gasteiger partial charge in [-0.2, -0.15) is 18.4 Å². The number of hydrogen-bond acceptors (Lipinski definition) is 8. The molecule has 4 heterocycles. The molecular weight excluding hydrogens is 709 g/mol. The van der Waals surface area contributed by atoms with Crippen molar-refractivity contribution in [2.45, 2.75) is 70.6 Å². The minimum atomic E-state index is -4.58. The first-order valence-corrected chi connectivity index (χ1v) is 19.1. The number of anilines is 2. The zero-order valence-electron chi connectivity index (χ0n) is 31.3. The average molecular weight is 757 g/mol. The van der Waals surface area contributed by atoms with E-state index >= 15 is 0 Å². The predicted molar refractivity (Wildman–Crippen MR) is 202 cm³/mol. The van der Waals surface area contributed by atoms with E-state index in [0.717, 1.165) is 75.1 Å². The van der Waals surface area contributed by atoms with Crippen molar-refractivity contribution in [3.63, 3.8) is 0 Å². The van der Waals surface area contributed by atoms with Gasteiger partial charge in [-0.15, -0.1) is 0 Å². The van der Waals surface area contributed by atoms with E-state index in [1.54, 1.807) is 17.0 Å². The molecule has 3 amide bonds. The Kier molecular flexibility index (Phi) is 10.8. The van der Waals surface area contributed by atoms with Crippen molar-refractivity contribution in [3.05, 3.63) is 88.5 Å². The highest BCUT2D eigenvalue weighted by Gasteiger charge is 2.40. The number of nitriles is 1. The molecule has 7 rings (SSSR count). The largest absolute Gasteiger partial charge is 0.494 e. The predicted octanol–water partition coefficient (Wildman–Crippen LogP) is 6.34. The lowest BCUT2D eigenvalue weighted by Crippen LogP contribution is -2.52. The quantitative estimate of drug-likeness (QED) is 0.189. The summed E-state index contributed by atoms with van der Waals surface area (Å²) < 4.78 is 46.9. The summed E-state index contributed by atoms with van der Waals surface area (Å²) in [6, 6.07) is 19.2. The van der Waals surface area contributed by atoms with Crippen LogP contribution in [0.15, 0.2) is 60.7 Å². The van der Waals surface area contributed by atoms with E-state index in [2.05, 4.69) is 47.2 Å². The van der Waals surface area contributed by atoms with E-state index in [4.69, 9.17) is 4.74 Å². The summed E-state index contributed by atoms with van der Waals surface area (Å²) in [5.41, 5.74) is 2.86. The third-order valence-electron chi connectivity index (χ3n) is 11.7. The highest BCUT2D eigenvalue weighted by Crippen LogP contribution is 2.44. The molecule has 2 atom stereocenters. The Morgan fingerprint density at radius 2 is 1.62 bits per heavy atom. The molecule has 0 aliphatic carbocycles. The van der Waals surface area contributed by atoms with Crippen LogP contribution in [0.2, 0.25) is 0 Å². The molecule has 290 valence electrons. The van der Waals surface area contributed by atoms with Crippen LogP contribution in [-0.2, 0) is 22.3 Å². The molecule has 3 fully saturated rings. The van der Waals surface area contributed by atoms with Gasteiger partial charge < -0.3 is 19.4 Å². The number of hydrogen-bond donors (Lipinski definition) is 1. The van der Waals surface area contributed by atoms with Crippen LogP contribution in [0.1, 0.15) is 84.5 Å². The maximum atomic E-state index is 13.6. The summed E-state index contributed by atoms with van der Waals surface area (Å²) in [6.45, 7) is 11.2. The molecule has 0 spiro atoms. The summed E-state index contributed by atoms with van der Waals surface area (Å²) in [4.78, 5) is 45.4. The number of benzene rings is 3. The minimum absolute atomic E-state index is 0.155. The van der Waals surface area contributed by atoms with Crippen LogP contribution in [0.25, 0.3) is 0 Å².